The van der Waals surface area contributed by atoms with Crippen molar-refractivity contribution in [2.75, 3.05) is 20.3 Å². The first-order valence-corrected chi connectivity index (χ1v) is 7.70. The minimum atomic E-state index is -1.24. The lowest BCUT2D eigenvalue weighted by Crippen LogP contribution is -2.45. The molecule has 0 saturated heterocycles. The second-order valence-electron chi connectivity index (χ2n) is 5.95. The van der Waals surface area contributed by atoms with E-state index in [1.807, 2.05) is 6.92 Å². The van der Waals surface area contributed by atoms with E-state index in [1.165, 1.54) is 6.26 Å². The highest BCUT2D eigenvalue weighted by Gasteiger charge is 2.28. The molecule has 24 heavy (non-hydrogen) atoms. The van der Waals surface area contributed by atoms with Gasteiger partial charge in [0.15, 0.2) is 0 Å². The number of carbonyl (C=O) groups excluding carboxylic acids is 1. The number of hydrogen-bond donors (Lipinski definition) is 3. The minimum Gasteiger partial charge on any atom is -0.467 e. The number of urea groups is 1. The SMILES string of the molecule is COCC(NC(=O)NCC(C)(O)c1cc(C)oc1C)c1ccco1. The predicted octanol–water partition coefficient (Wildman–Crippen LogP) is 2.38. The Hall–Kier alpha value is -2.25. The number of nitrogens with one attached hydrogen (secondary N) is 2. The molecule has 2 unspecified atom stereocenters. The van der Waals surface area contributed by atoms with Gasteiger partial charge in [0.2, 0.25) is 0 Å². The Kier molecular flexibility index (Phi) is 5.69. The molecule has 0 radical (unpaired) electrons. The maximum absolute atomic E-state index is 12.1. The number of ether oxygens (including phenoxy) is 1. The highest BCUT2D eigenvalue weighted by Crippen LogP contribution is 2.26. The van der Waals surface area contributed by atoms with Gasteiger partial charge in [0.05, 0.1) is 19.4 Å². The van der Waals surface area contributed by atoms with Crippen LogP contribution in [0.1, 0.15) is 35.8 Å². The number of hydrogen-bond acceptors (Lipinski definition) is 5. The van der Waals surface area contributed by atoms with Crippen LogP contribution in [-0.4, -0.2) is 31.4 Å². The molecule has 0 aliphatic rings. The van der Waals surface area contributed by atoms with Gasteiger partial charge in [-0.3, -0.25) is 0 Å². The summed E-state index contributed by atoms with van der Waals surface area (Å²) in [5.74, 6) is 1.94. The van der Waals surface area contributed by atoms with Crippen molar-refractivity contribution in [1.82, 2.24) is 10.6 Å². The summed E-state index contributed by atoms with van der Waals surface area (Å²) in [6.07, 6.45) is 1.53. The normalized spacial score (nSPS) is 14.9. The number of carbonyl (C=O) groups is 1. The fourth-order valence-corrected chi connectivity index (χ4v) is 2.57. The molecule has 0 spiro atoms. The number of aliphatic hydroxyl groups is 1. The molecule has 2 amide bonds. The summed E-state index contributed by atoms with van der Waals surface area (Å²) in [6.45, 7) is 5.53. The lowest BCUT2D eigenvalue weighted by molar-refractivity contribution is 0.0575. The van der Waals surface area contributed by atoms with Gasteiger partial charge in [0, 0.05) is 12.7 Å². The average Bonchev–Trinajstić information content (AvgIpc) is 3.15. The summed E-state index contributed by atoms with van der Waals surface area (Å²) in [5.41, 5.74) is -0.583. The van der Waals surface area contributed by atoms with Crippen LogP contribution >= 0.6 is 0 Å². The Balaban J connectivity index is 1.95. The van der Waals surface area contributed by atoms with E-state index in [-0.39, 0.29) is 13.2 Å². The van der Waals surface area contributed by atoms with E-state index >= 15 is 0 Å². The summed E-state index contributed by atoms with van der Waals surface area (Å²) in [4.78, 5) is 12.1. The number of amides is 2. The molecule has 0 bridgehead atoms. The van der Waals surface area contributed by atoms with Crippen molar-refractivity contribution in [1.29, 1.82) is 0 Å². The summed E-state index contributed by atoms with van der Waals surface area (Å²) in [7, 11) is 1.55. The molecule has 0 aliphatic carbocycles. The average molecular weight is 336 g/mol. The Morgan fingerprint density at radius 2 is 2.21 bits per heavy atom. The Morgan fingerprint density at radius 3 is 2.75 bits per heavy atom. The topological polar surface area (TPSA) is 96.9 Å². The zero-order valence-corrected chi connectivity index (χ0v) is 14.4. The summed E-state index contributed by atoms with van der Waals surface area (Å²) < 4.78 is 15.8. The van der Waals surface area contributed by atoms with Gasteiger partial charge in [-0.2, -0.15) is 0 Å². The lowest BCUT2D eigenvalue weighted by Gasteiger charge is -2.24. The monoisotopic (exact) mass is 336 g/mol. The zero-order chi connectivity index (χ0) is 17.7. The zero-order valence-electron chi connectivity index (χ0n) is 14.4. The lowest BCUT2D eigenvalue weighted by atomic mass is 9.96. The first-order valence-electron chi connectivity index (χ1n) is 7.70. The quantitative estimate of drug-likeness (QED) is 0.721. The Labute approximate surface area is 141 Å². The van der Waals surface area contributed by atoms with Crippen molar-refractivity contribution >= 4 is 6.03 Å². The molecule has 2 aromatic rings. The first kappa shape index (κ1) is 18.1. The van der Waals surface area contributed by atoms with Crippen molar-refractivity contribution in [3.05, 3.63) is 47.3 Å². The van der Waals surface area contributed by atoms with Crippen LogP contribution in [0.15, 0.2) is 33.3 Å². The molecule has 0 aliphatic heterocycles. The third kappa shape index (κ3) is 4.39. The summed E-state index contributed by atoms with van der Waals surface area (Å²) in [5, 5.41) is 16.0. The van der Waals surface area contributed by atoms with Crippen LogP contribution in [0.25, 0.3) is 0 Å². The molecule has 2 aromatic heterocycles. The molecule has 2 heterocycles. The molecule has 7 nitrogen and oxygen atoms in total. The van der Waals surface area contributed by atoms with E-state index in [9.17, 15) is 9.90 Å². The highest BCUT2D eigenvalue weighted by atomic mass is 16.5. The molecule has 0 aromatic carbocycles. The van der Waals surface area contributed by atoms with Crippen molar-refractivity contribution in [2.45, 2.75) is 32.4 Å². The molecular weight excluding hydrogens is 312 g/mol. The molecular formula is C17H24N2O5. The van der Waals surface area contributed by atoms with Crippen LogP contribution in [0.4, 0.5) is 4.79 Å². The Morgan fingerprint density at radius 1 is 1.46 bits per heavy atom. The summed E-state index contributed by atoms with van der Waals surface area (Å²) in [6, 6.07) is 4.44. The van der Waals surface area contributed by atoms with Gasteiger partial charge in [0.1, 0.15) is 28.9 Å². The third-order valence-electron chi connectivity index (χ3n) is 3.74. The van der Waals surface area contributed by atoms with Crippen LogP contribution in [0, 0.1) is 13.8 Å². The maximum Gasteiger partial charge on any atom is 0.315 e. The van der Waals surface area contributed by atoms with Gasteiger partial charge < -0.3 is 29.3 Å². The minimum absolute atomic E-state index is 0.0382. The van der Waals surface area contributed by atoms with E-state index in [2.05, 4.69) is 10.6 Å². The number of rotatable bonds is 7. The van der Waals surface area contributed by atoms with Crippen molar-refractivity contribution in [3.63, 3.8) is 0 Å². The standard InChI is InChI=1S/C17H24N2O5/c1-11-8-13(12(2)24-11)17(3,21)10-18-16(20)19-14(9-22-4)15-6-5-7-23-15/h5-8,14,21H,9-10H2,1-4H3,(H2,18,19,20). The summed E-state index contributed by atoms with van der Waals surface area (Å²) >= 11 is 0. The second-order valence-corrected chi connectivity index (χ2v) is 5.95. The smallest absolute Gasteiger partial charge is 0.315 e. The van der Waals surface area contributed by atoms with E-state index < -0.39 is 17.7 Å². The van der Waals surface area contributed by atoms with Crippen molar-refractivity contribution < 1.29 is 23.5 Å². The van der Waals surface area contributed by atoms with Gasteiger partial charge in [-0.1, -0.05) is 0 Å². The fraction of sp³-hybridized carbons (Fsp3) is 0.471. The van der Waals surface area contributed by atoms with Crippen LogP contribution in [0.5, 0.6) is 0 Å². The van der Waals surface area contributed by atoms with Gasteiger partial charge in [-0.05, 0) is 39.0 Å². The molecule has 0 fully saturated rings. The number of furan rings is 2. The predicted molar refractivity (Wildman–Crippen MR) is 87.6 cm³/mol. The van der Waals surface area contributed by atoms with Crippen LogP contribution in [-0.2, 0) is 10.3 Å². The Bertz CT molecular complexity index is 661. The molecule has 2 atom stereocenters. The van der Waals surface area contributed by atoms with Crippen LogP contribution in [0.2, 0.25) is 0 Å². The number of aryl methyl sites for hydroxylation is 2. The van der Waals surface area contributed by atoms with Crippen LogP contribution < -0.4 is 10.6 Å². The van der Waals surface area contributed by atoms with Gasteiger partial charge in [-0.25, -0.2) is 4.79 Å². The molecule has 132 valence electrons. The van der Waals surface area contributed by atoms with E-state index in [0.29, 0.717) is 22.8 Å². The van der Waals surface area contributed by atoms with E-state index in [1.54, 1.807) is 39.2 Å². The first-order chi connectivity index (χ1) is 11.3. The van der Waals surface area contributed by atoms with E-state index in [0.717, 1.165) is 0 Å². The molecule has 2 rings (SSSR count). The van der Waals surface area contributed by atoms with Crippen molar-refractivity contribution in [3.8, 4) is 0 Å². The fourth-order valence-electron chi connectivity index (χ4n) is 2.57. The second kappa shape index (κ2) is 7.55. The largest absolute Gasteiger partial charge is 0.467 e. The van der Waals surface area contributed by atoms with Crippen LogP contribution in [0.3, 0.4) is 0 Å². The van der Waals surface area contributed by atoms with Gasteiger partial charge in [-0.15, -0.1) is 0 Å². The molecule has 7 heteroatoms. The third-order valence-corrected chi connectivity index (χ3v) is 3.74. The van der Waals surface area contributed by atoms with Gasteiger partial charge >= 0.3 is 6.03 Å². The maximum atomic E-state index is 12.1. The molecule has 0 saturated carbocycles. The number of methoxy groups -OCH3 is 1. The van der Waals surface area contributed by atoms with Crippen molar-refractivity contribution in [2.24, 2.45) is 0 Å². The van der Waals surface area contributed by atoms with E-state index in [4.69, 9.17) is 13.6 Å². The highest BCUT2D eigenvalue weighted by molar-refractivity contribution is 5.74. The van der Waals surface area contributed by atoms with Gasteiger partial charge in [0.25, 0.3) is 0 Å². The molecule has 3 N–H and O–H groups in total.